The Morgan fingerprint density at radius 2 is 2.08 bits per heavy atom. The molecule has 0 bridgehead atoms. The molecule has 4 rings (SSSR count). The van der Waals surface area contributed by atoms with Crippen LogP contribution in [0.2, 0.25) is 0 Å². The smallest absolute Gasteiger partial charge is 0.328 e. The fourth-order valence-electron chi connectivity index (χ4n) is 2.85. The highest BCUT2D eigenvalue weighted by Gasteiger charge is 2.25. The first-order valence-electron chi connectivity index (χ1n) is 7.89. The Bertz CT molecular complexity index is 910. The summed E-state index contributed by atoms with van der Waals surface area (Å²) in [5.74, 6) is 1.42. The van der Waals surface area contributed by atoms with Gasteiger partial charge in [0.1, 0.15) is 5.75 Å². The van der Waals surface area contributed by atoms with Crippen LogP contribution >= 0.6 is 11.5 Å². The van der Waals surface area contributed by atoms with Crippen molar-refractivity contribution in [3.8, 4) is 17.1 Å². The number of anilines is 2. The fourth-order valence-corrected chi connectivity index (χ4v) is 3.43. The zero-order chi connectivity index (χ0) is 17.2. The predicted molar refractivity (Wildman–Crippen MR) is 98.4 cm³/mol. The van der Waals surface area contributed by atoms with Crippen molar-refractivity contribution >= 4 is 28.4 Å². The van der Waals surface area contributed by atoms with E-state index >= 15 is 0 Å². The Morgan fingerprint density at radius 3 is 2.88 bits per heavy atom. The van der Waals surface area contributed by atoms with E-state index in [2.05, 4.69) is 14.7 Å². The molecule has 3 aromatic rings. The summed E-state index contributed by atoms with van der Waals surface area (Å²) in [4.78, 5) is 18.7. The minimum absolute atomic E-state index is 0.195. The van der Waals surface area contributed by atoms with Gasteiger partial charge in [0.05, 0.1) is 7.11 Å². The van der Waals surface area contributed by atoms with Crippen molar-refractivity contribution in [3.63, 3.8) is 0 Å². The molecule has 126 valence electrons. The number of benzene rings is 2. The molecule has 0 spiro atoms. The van der Waals surface area contributed by atoms with Gasteiger partial charge in [-0.2, -0.15) is 9.36 Å². The first kappa shape index (κ1) is 15.6. The molecule has 6 nitrogen and oxygen atoms in total. The number of nitrogens with one attached hydrogen (secondary N) is 1. The van der Waals surface area contributed by atoms with E-state index in [4.69, 9.17) is 4.74 Å². The zero-order valence-electron chi connectivity index (χ0n) is 13.6. The van der Waals surface area contributed by atoms with E-state index in [0.29, 0.717) is 17.5 Å². The molecular weight excluding hydrogens is 336 g/mol. The Labute approximate surface area is 149 Å². The number of aromatic nitrogens is 2. The molecule has 0 unspecified atom stereocenters. The van der Waals surface area contributed by atoms with Crippen molar-refractivity contribution in [2.75, 3.05) is 23.9 Å². The summed E-state index contributed by atoms with van der Waals surface area (Å²) in [5.41, 5.74) is 2.95. The Kier molecular flexibility index (Phi) is 4.07. The summed E-state index contributed by atoms with van der Waals surface area (Å²) >= 11 is 1.18. The number of methoxy groups -OCH3 is 1. The molecule has 0 atom stereocenters. The molecule has 0 saturated carbocycles. The molecule has 1 aromatic heterocycles. The van der Waals surface area contributed by atoms with Gasteiger partial charge in [0, 0.05) is 29.3 Å². The van der Waals surface area contributed by atoms with Crippen LogP contribution in [0.15, 0.2) is 48.5 Å². The van der Waals surface area contributed by atoms with Crippen LogP contribution in [0, 0.1) is 0 Å². The standard InChI is InChI=1S/C18H16N4O2S/c1-24-14-7-8-15-13(11-14)9-10-22(15)18(23)20-17-19-16(21-25-17)12-5-3-2-4-6-12/h2-8,11H,9-10H2,1H3,(H,19,20,21,23). The van der Waals surface area contributed by atoms with Crippen molar-refractivity contribution in [1.82, 2.24) is 9.36 Å². The number of hydrogen-bond donors (Lipinski definition) is 1. The number of nitrogens with zero attached hydrogens (tertiary/aromatic N) is 3. The van der Waals surface area contributed by atoms with E-state index in [1.54, 1.807) is 12.0 Å². The number of ether oxygens (including phenoxy) is 1. The van der Waals surface area contributed by atoms with Crippen LogP contribution in [0.4, 0.5) is 15.6 Å². The first-order chi connectivity index (χ1) is 12.2. The van der Waals surface area contributed by atoms with Crippen molar-refractivity contribution in [1.29, 1.82) is 0 Å². The molecule has 1 aliphatic heterocycles. The normalized spacial score (nSPS) is 12.8. The largest absolute Gasteiger partial charge is 0.497 e. The summed E-state index contributed by atoms with van der Waals surface area (Å²) in [5, 5.41) is 3.34. The first-order valence-corrected chi connectivity index (χ1v) is 8.66. The molecule has 2 amide bonds. The highest BCUT2D eigenvalue weighted by atomic mass is 32.1. The summed E-state index contributed by atoms with van der Waals surface area (Å²) in [6.45, 7) is 0.638. The summed E-state index contributed by atoms with van der Waals surface area (Å²) < 4.78 is 9.55. The number of amides is 2. The number of hydrogen-bond acceptors (Lipinski definition) is 5. The topological polar surface area (TPSA) is 67.3 Å². The van der Waals surface area contributed by atoms with Crippen molar-refractivity contribution in [2.45, 2.75) is 6.42 Å². The fraction of sp³-hybridized carbons (Fsp3) is 0.167. The third-order valence-corrected chi connectivity index (χ3v) is 4.73. The van der Waals surface area contributed by atoms with Crippen molar-refractivity contribution < 1.29 is 9.53 Å². The van der Waals surface area contributed by atoms with Gasteiger partial charge in [-0.05, 0) is 30.2 Å². The maximum Gasteiger partial charge on any atom is 0.328 e. The number of carbonyl (C=O) groups is 1. The maximum atomic E-state index is 12.6. The third kappa shape index (κ3) is 3.06. The number of carbonyl (C=O) groups excluding carboxylic acids is 1. The van der Waals surface area contributed by atoms with E-state index in [-0.39, 0.29) is 6.03 Å². The Hall–Kier alpha value is -2.93. The van der Waals surface area contributed by atoms with E-state index < -0.39 is 0 Å². The van der Waals surface area contributed by atoms with Crippen LogP contribution in [0.1, 0.15) is 5.56 Å². The van der Waals surface area contributed by atoms with Crippen LogP contribution in [0.3, 0.4) is 0 Å². The molecule has 1 N–H and O–H groups in total. The monoisotopic (exact) mass is 352 g/mol. The van der Waals surface area contributed by atoms with E-state index in [1.165, 1.54) is 11.5 Å². The number of rotatable bonds is 3. The lowest BCUT2D eigenvalue weighted by molar-refractivity contribution is 0.257. The lowest BCUT2D eigenvalue weighted by atomic mass is 10.1. The summed E-state index contributed by atoms with van der Waals surface area (Å²) in [6.07, 6.45) is 0.811. The molecule has 2 aromatic carbocycles. The minimum Gasteiger partial charge on any atom is -0.497 e. The lowest BCUT2D eigenvalue weighted by Gasteiger charge is -2.17. The molecule has 2 heterocycles. The molecule has 7 heteroatoms. The van der Waals surface area contributed by atoms with E-state index in [1.807, 2.05) is 48.5 Å². The second kappa shape index (κ2) is 6.52. The van der Waals surface area contributed by atoms with Gasteiger partial charge in [0.25, 0.3) is 0 Å². The average molecular weight is 352 g/mol. The van der Waals surface area contributed by atoms with Gasteiger partial charge in [-0.25, -0.2) is 4.79 Å². The maximum absolute atomic E-state index is 12.6. The van der Waals surface area contributed by atoms with Gasteiger partial charge in [-0.1, -0.05) is 30.3 Å². The number of fused-ring (bicyclic) bond motifs is 1. The summed E-state index contributed by atoms with van der Waals surface area (Å²) in [6, 6.07) is 15.3. The molecule has 1 aliphatic rings. The Balaban J connectivity index is 1.50. The van der Waals surface area contributed by atoms with Gasteiger partial charge in [0.15, 0.2) is 5.82 Å². The van der Waals surface area contributed by atoms with Gasteiger partial charge in [0.2, 0.25) is 5.13 Å². The van der Waals surface area contributed by atoms with Crippen LogP contribution < -0.4 is 15.0 Å². The van der Waals surface area contributed by atoms with Gasteiger partial charge in [-0.15, -0.1) is 0 Å². The van der Waals surface area contributed by atoms with Crippen molar-refractivity contribution in [2.24, 2.45) is 0 Å². The van der Waals surface area contributed by atoms with Crippen LogP contribution in [0.25, 0.3) is 11.4 Å². The second-order valence-electron chi connectivity index (χ2n) is 5.62. The van der Waals surface area contributed by atoms with Gasteiger partial charge in [-0.3, -0.25) is 10.2 Å². The molecule has 25 heavy (non-hydrogen) atoms. The quantitative estimate of drug-likeness (QED) is 0.778. The van der Waals surface area contributed by atoms with E-state index in [9.17, 15) is 4.79 Å². The average Bonchev–Trinajstić information content (AvgIpc) is 3.28. The molecule has 0 fully saturated rings. The molecular formula is C18H16N4O2S. The third-order valence-electron chi connectivity index (χ3n) is 4.10. The van der Waals surface area contributed by atoms with Crippen LogP contribution in [-0.2, 0) is 6.42 Å². The van der Waals surface area contributed by atoms with Crippen LogP contribution in [0.5, 0.6) is 5.75 Å². The minimum atomic E-state index is -0.195. The van der Waals surface area contributed by atoms with Crippen LogP contribution in [-0.4, -0.2) is 29.0 Å². The number of urea groups is 1. The molecule has 0 radical (unpaired) electrons. The second-order valence-corrected chi connectivity index (χ2v) is 6.37. The lowest BCUT2D eigenvalue weighted by Crippen LogP contribution is -2.33. The Morgan fingerprint density at radius 1 is 1.24 bits per heavy atom. The predicted octanol–water partition coefficient (Wildman–Crippen LogP) is 3.81. The molecule has 0 aliphatic carbocycles. The van der Waals surface area contributed by atoms with Gasteiger partial charge >= 0.3 is 6.03 Å². The highest BCUT2D eigenvalue weighted by Crippen LogP contribution is 2.32. The van der Waals surface area contributed by atoms with Gasteiger partial charge < -0.3 is 4.74 Å². The SMILES string of the molecule is COc1ccc2c(c1)CCN2C(=O)Nc1nc(-c2ccccc2)ns1. The summed E-state index contributed by atoms with van der Waals surface area (Å²) in [7, 11) is 1.64. The highest BCUT2D eigenvalue weighted by molar-refractivity contribution is 7.10. The van der Waals surface area contributed by atoms with Crippen molar-refractivity contribution in [3.05, 3.63) is 54.1 Å². The zero-order valence-corrected chi connectivity index (χ0v) is 14.4. The van der Waals surface area contributed by atoms with E-state index in [0.717, 1.165) is 29.0 Å². The molecule has 0 saturated heterocycles.